The van der Waals surface area contributed by atoms with E-state index >= 15 is 0 Å². The lowest BCUT2D eigenvalue weighted by Crippen LogP contribution is -2.40. The third-order valence-electron chi connectivity index (χ3n) is 5.05. The van der Waals surface area contributed by atoms with Crippen molar-refractivity contribution in [3.05, 3.63) is 63.9 Å². The SMILES string of the molecule is C[C@@H](c1cccc(C(C)(C)O[Si]C(C)(C)C)n1)N(CCc1cccc(Br)c1)C(=O)OC(C)(C)C. The van der Waals surface area contributed by atoms with Gasteiger partial charge in [0.1, 0.15) is 5.60 Å². The van der Waals surface area contributed by atoms with Crippen molar-refractivity contribution in [2.75, 3.05) is 6.54 Å². The number of amides is 1. The van der Waals surface area contributed by atoms with Crippen LogP contribution in [0, 0.1) is 0 Å². The van der Waals surface area contributed by atoms with Gasteiger partial charge in [-0.25, -0.2) is 4.79 Å². The minimum absolute atomic E-state index is 0.0854. The molecule has 0 saturated carbocycles. The minimum Gasteiger partial charge on any atom is -0.444 e. The maximum absolute atomic E-state index is 13.2. The van der Waals surface area contributed by atoms with Gasteiger partial charge in [0, 0.05) is 11.0 Å². The second-order valence-electron chi connectivity index (χ2n) is 11.1. The fourth-order valence-corrected chi connectivity index (χ4v) is 4.33. The monoisotopic (exact) mass is 546 g/mol. The Morgan fingerprint density at radius 2 is 1.71 bits per heavy atom. The molecule has 186 valence electrons. The molecule has 34 heavy (non-hydrogen) atoms. The molecule has 0 bridgehead atoms. The smallest absolute Gasteiger partial charge is 0.410 e. The Morgan fingerprint density at radius 3 is 2.29 bits per heavy atom. The molecule has 2 rings (SSSR count). The Hall–Kier alpha value is -1.70. The molecule has 1 aromatic heterocycles. The molecule has 1 amide bonds. The van der Waals surface area contributed by atoms with E-state index in [4.69, 9.17) is 14.1 Å². The van der Waals surface area contributed by atoms with E-state index < -0.39 is 11.2 Å². The molecular formula is C27H39BrN2O3Si. The van der Waals surface area contributed by atoms with Gasteiger partial charge in [-0.3, -0.25) is 9.88 Å². The number of halogens is 1. The Bertz CT molecular complexity index is 967. The Kier molecular flexibility index (Phi) is 9.53. The van der Waals surface area contributed by atoms with Gasteiger partial charge in [-0.1, -0.05) is 54.9 Å². The van der Waals surface area contributed by atoms with Crippen LogP contribution in [0.3, 0.4) is 0 Å². The van der Waals surface area contributed by atoms with Crippen LogP contribution >= 0.6 is 15.9 Å². The first-order chi connectivity index (χ1) is 15.6. The van der Waals surface area contributed by atoms with E-state index in [1.165, 1.54) is 0 Å². The standard InChI is InChI=1S/C27H39BrN2O3Si/c1-19(22-14-11-15-23(29-22)27(8,9)33-34-26(5,6)7)30(24(31)32-25(2,3)4)17-16-20-12-10-13-21(28)18-20/h10-15,18-19H,16-17H2,1-9H3/t19-/m0/s1. The lowest BCUT2D eigenvalue weighted by molar-refractivity contribution is 0.0171. The van der Waals surface area contributed by atoms with Gasteiger partial charge in [-0.05, 0) is 82.8 Å². The topological polar surface area (TPSA) is 51.7 Å². The summed E-state index contributed by atoms with van der Waals surface area (Å²) in [5.74, 6) is 0. The lowest BCUT2D eigenvalue weighted by atomic mass is 10.0. The summed E-state index contributed by atoms with van der Waals surface area (Å²) in [5.41, 5.74) is 1.70. The van der Waals surface area contributed by atoms with Crippen molar-refractivity contribution in [3.8, 4) is 0 Å². The summed E-state index contributed by atoms with van der Waals surface area (Å²) in [6.45, 7) is 18.8. The summed E-state index contributed by atoms with van der Waals surface area (Å²) in [6, 6.07) is 13.8. The highest BCUT2D eigenvalue weighted by Crippen LogP contribution is 2.30. The molecule has 1 atom stereocenters. The van der Waals surface area contributed by atoms with Crippen molar-refractivity contribution >= 4 is 31.8 Å². The predicted octanol–water partition coefficient (Wildman–Crippen LogP) is 7.47. The van der Waals surface area contributed by atoms with E-state index in [9.17, 15) is 4.79 Å². The van der Waals surface area contributed by atoms with Gasteiger partial charge in [0.15, 0.2) is 0 Å². The maximum Gasteiger partial charge on any atom is 0.410 e. The van der Waals surface area contributed by atoms with Crippen molar-refractivity contribution in [1.82, 2.24) is 9.88 Å². The summed E-state index contributed by atoms with van der Waals surface area (Å²) >= 11 is 3.53. The number of ether oxygens (including phenoxy) is 1. The fourth-order valence-electron chi connectivity index (χ4n) is 3.22. The van der Waals surface area contributed by atoms with E-state index in [2.05, 4.69) is 48.8 Å². The van der Waals surface area contributed by atoms with E-state index in [1.54, 1.807) is 4.90 Å². The molecule has 7 heteroatoms. The summed E-state index contributed by atoms with van der Waals surface area (Å²) in [4.78, 5) is 19.9. The molecule has 0 aliphatic carbocycles. The number of carbonyl (C=O) groups is 1. The van der Waals surface area contributed by atoms with Crippen LogP contribution in [0.1, 0.15) is 85.3 Å². The number of benzene rings is 1. The largest absolute Gasteiger partial charge is 0.444 e. The van der Waals surface area contributed by atoms with E-state index in [1.807, 2.05) is 71.9 Å². The molecule has 0 aliphatic rings. The van der Waals surface area contributed by atoms with E-state index in [-0.39, 0.29) is 17.2 Å². The zero-order chi connectivity index (χ0) is 25.7. The van der Waals surface area contributed by atoms with Crippen molar-refractivity contribution in [1.29, 1.82) is 0 Å². The molecule has 0 aliphatic heterocycles. The molecule has 2 aromatic rings. The van der Waals surface area contributed by atoms with Crippen LogP contribution < -0.4 is 0 Å². The van der Waals surface area contributed by atoms with Crippen molar-refractivity contribution < 1.29 is 14.0 Å². The van der Waals surface area contributed by atoms with Crippen molar-refractivity contribution in [2.45, 2.75) is 91.0 Å². The average Bonchev–Trinajstić information content (AvgIpc) is 2.71. The summed E-state index contributed by atoms with van der Waals surface area (Å²) in [7, 11) is 0.349. The van der Waals surface area contributed by atoms with Gasteiger partial charge in [-0.15, -0.1) is 0 Å². The predicted molar refractivity (Wildman–Crippen MR) is 143 cm³/mol. The van der Waals surface area contributed by atoms with Crippen LogP contribution in [0.2, 0.25) is 5.04 Å². The van der Waals surface area contributed by atoms with Crippen LogP contribution in [0.25, 0.3) is 0 Å². The zero-order valence-electron chi connectivity index (χ0n) is 22.0. The van der Waals surface area contributed by atoms with Crippen molar-refractivity contribution in [2.24, 2.45) is 0 Å². The first-order valence-electron chi connectivity index (χ1n) is 11.7. The van der Waals surface area contributed by atoms with Crippen LogP contribution in [0.4, 0.5) is 4.79 Å². The number of hydrogen-bond acceptors (Lipinski definition) is 4. The molecule has 0 N–H and O–H groups in total. The number of carbonyl (C=O) groups excluding carboxylic acids is 1. The number of hydrogen-bond donors (Lipinski definition) is 0. The van der Waals surface area contributed by atoms with Crippen LogP contribution in [0.15, 0.2) is 46.9 Å². The Labute approximate surface area is 216 Å². The third kappa shape index (κ3) is 9.15. The number of nitrogens with zero attached hydrogens (tertiary/aromatic N) is 2. The van der Waals surface area contributed by atoms with Gasteiger partial charge < -0.3 is 9.16 Å². The third-order valence-corrected chi connectivity index (χ3v) is 6.77. The fraction of sp³-hybridized carbons (Fsp3) is 0.556. The summed E-state index contributed by atoms with van der Waals surface area (Å²) in [6.07, 6.45) is 0.372. The number of rotatable bonds is 8. The molecule has 1 aromatic carbocycles. The molecule has 0 spiro atoms. The van der Waals surface area contributed by atoms with Crippen LogP contribution in [-0.4, -0.2) is 37.9 Å². The Balaban J connectivity index is 2.29. The minimum atomic E-state index is -0.580. The lowest BCUT2D eigenvalue weighted by Gasteiger charge is -2.33. The number of pyridine rings is 1. The van der Waals surface area contributed by atoms with Gasteiger partial charge in [0.25, 0.3) is 0 Å². The summed E-state index contributed by atoms with van der Waals surface area (Å²) in [5, 5.41) is 0.0854. The van der Waals surface area contributed by atoms with Crippen LogP contribution in [0.5, 0.6) is 0 Å². The zero-order valence-corrected chi connectivity index (χ0v) is 24.6. The van der Waals surface area contributed by atoms with Gasteiger partial charge in [0.05, 0.1) is 23.0 Å². The Morgan fingerprint density at radius 1 is 1.06 bits per heavy atom. The van der Waals surface area contributed by atoms with E-state index in [0.29, 0.717) is 22.7 Å². The maximum atomic E-state index is 13.2. The quantitative estimate of drug-likeness (QED) is 0.322. The second-order valence-corrected chi connectivity index (χ2v) is 14.0. The van der Waals surface area contributed by atoms with Crippen molar-refractivity contribution in [3.63, 3.8) is 0 Å². The highest BCUT2D eigenvalue weighted by atomic mass is 79.9. The van der Waals surface area contributed by atoms with Gasteiger partial charge in [0.2, 0.25) is 9.76 Å². The molecular weight excluding hydrogens is 508 g/mol. The molecule has 1 heterocycles. The molecule has 5 nitrogen and oxygen atoms in total. The first-order valence-corrected chi connectivity index (χ1v) is 13.4. The molecule has 0 fully saturated rings. The first kappa shape index (κ1) is 28.5. The molecule has 0 unspecified atom stereocenters. The normalized spacial score (nSPS) is 13.5. The number of aromatic nitrogens is 1. The average molecular weight is 548 g/mol. The molecule has 0 saturated heterocycles. The highest BCUT2D eigenvalue weighted by Gasteiger charge is 2.30. The summed E-state index contributed by atoms with van der Waals surface area (Å²) < 4.78 is 13.0. The van der Waals surface area contributed by atoms with Crippen LogP contribution in [-0.2, 0) is 21.2 Å². The van der Waals surface area contributed by atoms with E-state index in [0.717, 1.165) is 21.4 Å². The second kappa shape index (κ2) is 11.4. The van der Waals surface area contributed by atoms with Gasteiger partial charge >= 0.3 is 6.09 Å². The molecule has 2 radical (unpaired) electrons. The highest BCUT2D eigenvalue weighted by molar-refractivity contribution is 9.10. The van der Waals surface area contributed by atoms with Gasteiger partial charge in [-0.2, -0.15) is 0 Å².